The van der Waals surface area contributed by atoms with Gasteiger partial charge in [-0.25, -0.2) is 9.98 Å². The van der Waals surface area contributed by atoms with E-state index in [1.165, 1.54) is 21.2 Å². The molecule has 1 heterocycles. The number of rotatable bonds is 0. The molecule has 2 aromatic carbocycles. The molecule has 0 unspecified atom stereocenters. The quantitative estimate of drug-likeness (QED) is 0.529. The smallest absolute Gasteiger partial charge is 0.116 e. The zero-order valence-electron chi connectivity index (χ0n) is 8.51. The summed E-state index contributed by atoms with van der Waals surface area (Å²) in [5.41, 5.74) is 2.21. The summed E-state index contributed by atoms with van der Waals surface area (Å²) in [5, 5.41) is 4.81. The molecule has 2 nitrogen and oxygen atoms in total. The van der Waals surface area contributed by atoms with E-state index in [9.17, 15) is 0 Å². The normalized spacial score (nSPS) is 13.8. The maximum absolute atomic E-state index is 4.33. The zero-order chi connectivity index (χ0) is 10.5. The van der Waals surface area contributed by atoms with Crippen molar-refractivity contribution < 1.29 is 0 Å². The van der Waals surface area contributed by atoms with Crippen LogP contribution in [0.5, 0.6) is 0 Å². The third kappa shape index (κ3) is 0.865. The summed E-state index contributed by atoms with van der Waals surface area (Å²) in [7, 11) is 0. The number of hydrogen-bond donors (Lipinski definition) is 0. The Balaban J connectivity index is 2.35. The fourth-order valence-electron chi connectivity index (χ4n) is 2.39. The van der Waals surface area contributed by atoms with Gasteiger partial charge in [-0.1, -0.05) is 30.3 Å². The minimum Gasteiger partial charge on any atom is -0.235 e. The summed E-state index contributed by atoms with van der Waals surface area (Å²) in [6, 6.07) is 12.6. The average Bonchev–Trinajstić information content (AvgIpc) is 2.92. The van der Waals surface area contributed by atoms with Crippen molar-refractivity contribution in [2.45, 2.75) is 0 Å². The van der Waals surface area contributed by atoms with Crippen molar-refractivity contribution in [1.82, 2.24) is 0 Å². The highest BCUT2D eigenvalue weighted by molar-refractivity contribution is 5.75. The molecular weight excluding hydrogens is 196 g/mol. The van der Waals surface area contributed by atoms with Crippen molar-refractivity contribution in [2.24, 2.45) is 9.98 Å². The monoisotopic (exact) mass is 204 g/mol. The molecule has 74 valence electrons. The van der Waals surface area contributed by atoms with Crippen LogP contribution in [-0.2, 0) is 0 Å². The fraction of sp³-hybridized carbons (Fsp3) is 0. The SMILES string of the molecule is C1=Nc2c3c(ccc2=N1)=c1ccccc1=C3. The highest BCUT2D eigenvalue weighted by Crippen LogP contribution is 2.20. The van der Waals surface area contributed by atoms with Crippen LogP contribution in [0.2, 0.25) is 0 Å². The van der Waals surface area contributed by atoms with Gasteiger partial charge in [-0.15, -0.1) is 0 Å². The number of fused-ring (bicyclic) bond motifs is 4. The summed E-state index contributed by atoms with van der Waals surface area (Å²) >= 11 is 0. The summed E-state index contributed by atoms with van der Waals surface area (Å²) < 4.78 is 0. The van der Waals surface area contributed by atoms with E-state index < -0.39 is 0 Å². The number of hydrogen-bond acceptors (Lipinski definition) is 2. The molecule has 0 saturated heterocycles. The van der Waals surface area contributed by atoms with Gasteiger partial charge in [0, 0.05) is 5.56 Å². The topological polar surface area (TPSA) is 24.7 Å². The van der Waals surface area contributed by atoms with Crippen LogP contribution in [0.3, 0.4) is 0 Å². The molecule has 0 fully saturated rings. The molecule has 2 aromatic rings. The first-order valence-electron chi connectivity index (χ1n) is 5.28. The van der Waals surface area contributed by atoms with E-state index in [4.69, 9.17) is 0 Å². The summed E-state index contributed by atoms with van der Waals surface area (Å²) in [5.74, 6) is 0. The molecule has 0 radical (unpaired) electrons. The Labute approximate surface area is 91.6 Å². The van der Waals surface area contributed by atoms with Gasteiger partial charge in [-0.3, -0.25) is 0 Å². The van der Waals surface area contributed by atoms with Crippen molar-refractivity contribution in [3.63, 3.8) is 0 Å². The molecule has 0 spiro atoms. The summed E-state index contributed by atoms with van der Waals surface area (Å²) in [6.07, 6.45) is 3.82. The van der Waals surface area contributed by atoms with Crippen LogP contribution in [0.25, 0.3) is 6.08 Å². The largest absolute Gasteiger partial charge is 0.235 e. The average molecular weight is 204 g/mol. The van der Waals surface area contributed by atoms with Crippen molar-refractivity contribution in [3.8, 4) is 0 Å². The minimum atomic E-state index is 0.975. The van der Waals surface area contributed by atoms with E-state index in [0.29, 0.717) is 0 Å². The Morgan fingerprint density at radius 2 is 1.81 bits per heavy atom. The van der Waals surface area contributed by atoms with Crippen LogP contribution in [0.4, 0.5) is 5.69 Å². The predicted molar refractivity (Wildman–Crippen MR) is 63.1 cm³/mol. The lowest BCUT2D eigenvalue weighted by Crippen LogP contribution is -1.98. The lowest BCUT2D eigenvalue weighted by atomic mass is 10.1. The first-order chi connectivity index (χ1) is 7.93. The third-order valence-corrected chi connectivity index (χ3v) is 3.13. The van der Waals surface area contributed by atoms with E-state index in [1.807, 2.05) is 6.07 Å². The molecule has 16 heavy (non-hydrogen) atoms. The number of aliphatic imine (C=N–C) groups is 1. The Morgan fingerprint density at radius 1 is 0.875 bits per heavy atom. The maximum atomic E-state index is 4.33. The summed E-state index contributed by atoms with van der Waals surface area (Å²) in [4.78, 5) is 8.56. The molecule has 0 N–H and O–H groups in total. The van der Waals surface area contributed by atoms with Gasteiger partial charge in [0.15, 0.2) is 0 Å². The fourth-order valence-corrected chi connectivity index (χ4v) is 2.39. The van der Waals surface area contributed by atoms with Crippen LogP contribution in [0.15, 0.2) is 46.4 Å². The van der Waals surface area contributed by atoms with E-state index in [2.05, 4.69) is 46.4 Å². The van der Waals surface area contributed by atoms with Gasteiger partial charge in [0.25, 0.3) is 0 Å². The molecular formula is C14H8N2. The van der Waals surface area contributed by atoms with Gasteiger partial charge in [0.1, 0.15) is 6.34 Å². The standard InChI is InChI=1S/C14H8N2/c1-2-4-10-9(3-1)7-12-11(10)5-6-13-14(12)16-8-15-13/h1-8H. The highest BCUT2D eigenvalue weighted by atomic mass is 14.9. The second-order valence-electron chi connectivity index (χ2n) is 4.00. The van der Waals surface area contributed by atoms with Crippen molar-refractivity contribution in [2.75, 3.05) is 0 Å². The Morgan fingerprint density at radius 3 is 2.81 bits per heavy atom. The van der Waals surface area contributed by atoms with Gasteiger partial charge in [0.2, 0.25) is 0 Å². The third-order valence-electron chi connectivity index (χ3n) is 3.13. The lowest BCUT2D eigenvalue weighted by molar-refractivity contribution is 1.40. The van der Waals surface area contributed by atoms with Crippen LogP contribution < -0.4 is 10.6 Å². The maximum Gasteiger partial charge on any atom is 0.116 e. The van der Waals surface area contributed by atoms with Crippen molar-refractivity contribution in [1.29, 1.82) is 0 Å². The lowest BCUT2D eigenvalue weighted by Gasteiger charge is -1.95. The molecule has 0 aromatic heterocycles. The molecule has 0 atom stereocenters. The van der Waals surface area contributed by atoms with Crippen LogP contribution >= 0.6 is 0 Å². The molecule has 1 aliphatic heterocycles. The van der Waals surface area contributed by atoms with Gasteiger partial charge >= 0.3 is 0 Å². The molecule has 2 heteroatoms. The number of benzene rings is 2. The number of nitrogens with zero attached hydrogens (tertiary/aromatic N) is 2. The molecule has 0 bridgehead atoms. The van der Waals surface area contributed by atoms with Gasteiger partial charge < -0.3 is 0 Å². The van der Waals surface area contributed by atoms with Crippen LogP contribution in [0.1, 0.15) is 5.56 Å². The van der Waals surface area contributed by atoms with Crippen molar-refractivity contribution in [3.05, 3.63) is 63.0 Å². The van der Waals surface area contributed by atoms with Crippen LogP contribution in [0, 0.1) is 10.4 Å². The predicted octanol–water partition coefficient (Wildman–Crippen LogP) is 1.41. The molecule has 1 aliphatic carbocycles. The van der Waals surface area contributed by atoms with E-state index in [-0.39, 0.29) is 0 Å². The highest BCUT2D eigenvalue weighted by Gasteiger charge is 2.10. The van der Waals surface area contributed by atoms with E-state index in [1.54, 1.807) is 6.34 Å². The minimum absolute atomic E-state index is 0.975. The molecule has 4 rings (SSSR count). The van der Waals surface area contributed by atoms with Crippen LogP contribution in [-0.4, -0.2) is 6.34 Å². The Bertz CT molecular complexity index is 845. The van der Waals surface area contributed by atoms with Gasteiger partial charge in [-0.05, 0) is 27.8 Å². The summed E-state index contributed by atoms with van der Waals surface area (Å²) in [6.45, 7) is 0. The Kier molecular flexibility index (Phi) is 1.33. The molecule has 0 saturated carbocycles. The Hall–Kier alpha value is -2.22. The van der Waals surface area contributed by atoms with E-state index >= 15 is 0 Å². The molecule has 0 amide bonds. The van der Waals surface area contributed by atoms with Gasteiger partial charge in [-0.2, -0.15) is 0 Å². The first kappa shape index (κ1) is 7.99. The van der Waals surface area contributed by atoms with E-state index in [0.717, 1.165) is 11.0 Å². The second kappa shape index (κ2) is 2.67. The second-order valence-corrected chi connectivity index (χ2v) is 4.00. The molecule has 2 aliphatic rings. The zero-order valence-corrected chi connectivity index (χ0v) is 8.51. The first-order valence-corrected chi connectivity index (χ1v) is 5.28. The van der Waals surface area contributed by atoms with Gasteiger partial charge in [0.05, 0.1) is 11.0 Å². The van der Waals surface area contributed by atoms with Crippen molar-refractivity contribution >= 4 is 18.1 Å².